The summed E-state index contributed by atoms with van der Waals surface area (Å²) in [4.78, 5) is 0. The van der Waals surface area contributed by atoms with Crippen LogP contribution in [0.25, 0.3) is 0 Å². The van der Waals surface area contributed by atoms with Gasteiger partial charge in [-0.25, -0.2) is 4.39 Å². The molecule has 21 heavy (non-hydrogen) atoms. The molecule has 0 aliphatic heterocycles. The van der Waals surface area contributed by atoms with E-state index in [-0.39, 0.29) is 18.0 Å². The monoisotopic (exact) mass is 352 g/mol. The summed E-state index contributed by atoms with van der Waals surface area (Å²) in [7, 11) is 0. The van der Waals surface area contributed by atoms with Crippen LogP contribution in [0.1, 0.15) is 16.7 Å². The van der Waals surface area contributed by atoms with Gasteiger partial charge in [0.05, 0.1) is 5.56 Å². The molecule has 0 saturated carbocycles. The molecule has 0 amide bonds. The summed E-state index contributed by atoms with van der Waals surface area (Å²) in [5, 5.41) is 11.5. The third kappa shape index (κ3) is 3.52. The lowest BCUT2D eigenvalue weighted by molar-refractivity contribution is 0.297. The van der Waals surface area contributed by atoms with E-state index in [0.717, 1.165) is 10.0 Å². The van der Waals surface area contributed by atoms with E-state index in [1.165, 1.54) is 6.07 Å². The second-order valence-electron chi connectivity index (χ2n) is 4.46. The Kier molecular flexibility index (Phi) is 4.80. The molecule has 0 aromatic heterocycles. The molecule has 0 aliphatic carbocycles. The van der Waals surface area contributed by atoms with Gasteiger partial charge in [0, 0.05) is 10.0 Å². The average molecular weight is 353 g/mol. The summed E-state index contributed by atoms with van der Waals surface area (Å²) in [6, 6.07) is 10.3. The second kappa shape index (κ2) is 6.58. The number of oxime groups is 1. The lowest BCUT2D eigenvalue weighted by Crippen LogP contribution is -2.16. The molecule has 110 valence electrons. The number of amidine groups is 1. The fourth-order valence-electron chi connectivity index (χ4n) is 1.83. The Morgan fingerprint density at radius 2 is 2.14 bits per heavy atom. The highest BCUT2D eigenvalue weighted by Crippen LogP contribution is 2.24. The molecule has 0 radical (unpaired) electrons. The number of nitrogens with two attached hydrogens (primary N) is 1. The molecule has 0 bridgehead atoms. The number of halogens is 2. The van der Waals surface area contributed by atoms with E-state index in [0.29, 0.717) is 11.3 Å². The highest BCUT2D eigenvalue weighted by atomic mass is 79.9. The highest BCUT2D eigenvalue weighted by molar-refractivity contribution is 9.10. The molecular formula is C15H14BrFN2O2. The van der Waals surface area contributed by atoms with Crippen LogP contribution in [0.2, 0.25) is 0 Å². The molecule has 3 N–H and O–H groups in total. The van der Waals surface area contributed by atoms with Crippen LogP contribution in [0.3, 0.4) is 0 Å². The van der Waals surface area contributed by atoms with Crippen LogP contribution in [0, 0.1) is 12.7 Å². The smallest absolute Gasteiger partial charge is 0.173 e. The number of benzene rings is 2. The van der Waals surface area contributed by atoms with E-state index in [1.54, 1.807) is 12.1 Å². The molecule has 0 fully saturated rings. The summed E-state index contributed by atoms with van der Waals surface area (Å²) in [5.74, 6) is -0.161. The Balaban J connectivity index is 2.23. The molecule has 0 saturated heterocycles. The van der Waals surface area contributed by atoms with Gasteiger partial charge in [-0.15, -0.1) is 0 Å². The zero-order valence-electron chi connectivity index (χ0n) is 11.3. The predicted octanol–water partition coefficient (Wildman–Crippen LogP) is 3.57. The first kappa shape index (κ1) is 15.3. The summed E-state index contributed by atoms with van der Waals surface area (Å²) in [6.45, 7) is 1.96. The van der Waals surface area contributed by atoms with Crippen molar-refractivity contribution in [2.24, 2.45) is 10.9 Å². The van der Waals surface area contributed by atoms with Crippen molar-refractivity contribution in [3.05, 3.63) is 63.4 Å². The largest absolute Gasteiger partial charge is 0.488 e. The molecule has 2 rings (SSSR count). The normalized spacial score (nSPS) is 11.5. The maximum absolute atomic E-state index is 14.2. The van der Waals surface area contributed by atoms with Gasteiger partial charge in [-0.3, -0.25) is 0 Å². The summed E-state index contributed by atoms with van der Waals surface area (Å²) in [5.41, 5.74) is 6.76. The Morgan fingerprint density at radius 1 is 1.38 bits per heavy atom. The third-order valence-corrected chi connectivity index (χ3v) is 3.49. The fraction of sp³-hybridized carbons (Fsp3) is 0.133. The summed E-state index contributed by atoms with van der Waals surface area (Å²) in [6.07, 6.45) is 0. The number of hydrogen-bond acceptors (Lipinski definition) is 3. The van der Waals surface area contributed by atoms with Crippen molar-refractivity contribution in [2.75, 3.05) is 0 Å². The van der Waals surface area contributed by atoms with Crippen molar-refractivity contribution in [1.82, 2.24) is 0 Å². The second-order valence-corrected chi connectivity index (χ2v) is 5.38. The van der Waals surface area contributed by atoms with Crippen molar-refractivity contribution in [3.63, 3.8) is 0 Å². The van der Waals surface area contributed by atoms with E-state index in [1.807, 2.05) is 25.1 Å². The molecule has 0 unspecified atom stereocenters. The summed E-state index contributed by atoms with van der Waals surface area (Å²) < 4.78 is 20.8. The number of ether oxygens (including phenoxy) is 1. The van der Waals surface area contributed by atoms with Crippen LogP contribution in [-0.4, -0.2) is 11.0 Å². The molecule has 4 nitrogen and oxygen atoms in total. The van der Waals surface area contributed by atoms with Crippen LogP contribution in [0.5, 0.6) is 5.75 Å². The Labute approximate surface area is 130 Å². The maximum atomic E-state index is 14.2. The maximum Gasteiger partial charge on any atom is 0.173 e. The van der Waals surface area contributed by atoms with E-state index in [4.69, 9.17) is 15.7 Å². The van der Waals surface area contributed by atoms with Crippen LogP contribution in [0.15, 0.2) is 46.0 Å². The highest BCUT2D eigenvalue weighted by Gasteiger charge is 2.12. The van der Waals surface area contributed by atoms with E-state index >= 15 is 0 Å². The Bertz CT molecular complexity index is 689. The van der Waals surface area contributed by atoms with Gasteiger partial charge in [-0.2, -0.15) is 0 Å². The van der Waals surface area contributed by atoms with Crippen molar-refractivity contribution >= 4 is 21.8 Å². The van der Waals surface area contributed by atoms with Gasteiger partial charge >= 0.3 is 0 Å². The number of aryl methyl sites for hydroxylation is 1. The summed E-state index contributed by atoms with van der Waals surface area (Å²) >= 11 is 3.36. The Morgan fingerprint density at radius 3 is 2.86 bits per heavy atom. The molecule has 2 aromatic carbocycles. The van der Waals surface area contributed by atoms with E-state index in [9.17, 15) is 4.39 Å². The number of nitrogens with zero attached hydrogens (tertiary/aromatic N) is 1. The molecule has 2 aromatic rings. The lowest BCUT2D eigenvalue weighted by Gasteiger charge is -2.11. The molecule has 6 heteroatoms. The Hall–Kier alpha value is -2.08. The predicted molar refractivity (Wildman–Crippen MR) is 82.1 cm³/mol. The van der Waals surface area contributed by atoms with Crippen LogP contribution < -0.4 is 10.5 Å². The number of hydrogen-bond donors (Lipinski definition) is 2. The molecule has 0 atom stereocenters. The van der Waals surface area contributed by atoms with Gasteiger partial charge < -0.3 is 15.7 Å². The first-order valence-corrected chi connectivity index (χ1v) is 6.96. The van der Waals surface area contributed by atoms with Gasteiger partial charge in [0.25, 0.3) is 0 Å². The minimum atomic E-state index is -0.555. The molecule has 0 spiro atoms. The molecule has 0 aliphatic rings. The molecular weight excluding hydrogens is 339 g/mol. The van der Waals surface area contributed by atoms with Crippen LogP contribution in [-0.2, 0) is 6.61 Å². The third-order valence-electron chi connectivity index (χ3n) is 3.00. The van der Waals surface area contributed by atoms with Gasteiger partial charge in [-0.05, 0) is 30.7 Å². The first-order valence-electron chi connectivity index (χ1n) is 6.17. The van der Waals surface area contributed by atoms with Crippen molar-refractivity contribution in [3.8, 4) is 5.75 Å². The van der Waals surface area contributed by atoms with E-state index < -0.39 is 5.82 Å². The topological polar surface area (TPSA) is 67.8 Å². The van der Waals surface area contributed by atoms with Crippen LogP contribution in [0.4, 0.5) is 4.39 Å². The lowest BCUT2D eigenvalue weighted by atomic mass is 10.1. The SMILES string of the molecule is Cc1ccc(Br)cc1OCc1cccc(/C(N)=N/O)c1F. The number of rotatable bonds is 4. The average Bonchev–Trinajstić information content (AvgIpc) is 2.48. The van der Waals surface area contributed by atoms with Gasteiger partial charge in [0.2, 0.25) is 0 Å². The first-order chi connectivity index (χ1) is 10.0. The quantitative estimate of drug-likeness (QED) is 0.382. The zero-order chi connectivity index (χ0) is 15.4. The van der Waals surface area contributed by atoms with Crippen LogP contribution >= 0.6 is 15.9 Å². The van der Waals surface area contributed by atoms with Gasteiger partial charge in [0.1, 0.15) is 18.2 Å². The van der Waals surface area contributed by atoms with Gasteiger partial charge in [0.15, 0.2) is 5.84 Å². The van der Waals surface area contributed by atoms with Gasteiger partial charge in [-0.1, -0.05) is 39.3 Å². The fourth-order valence-corrected chi connectivity index (χ4v) is 2.17. The van der Waals surface area contributed by atoms with E-state index in [2.05, 4.69) is 21.1 Å². The van der Waals surface area contributed by atoms with Crippen molar-refractivity contribution in [2.45, 2.75) is 13.5 Å². The zero-order valence-corrected chi connectivity index (χ0v) is 12.9. The minimum Gasteiger partial charge on any atom is -0.488 e. The van der Waals surface area contributed by atoms with Crippen molar-refractivity contribution < 1.29 is 14.3 Å². The minimum absolute atomic E-state index is 0.0459. The standard InChI is InChI=1S/C15H14BrFN2O2/c1-9-5-6-11(16)7-13(9)21-8-10-3-2-4-12(14(10)17)15(18)19-20/h2-7,20H,8H2,1H3,(H2,18,19). The molecule has 0 heterocycles. The van der Waals surface area contributed by atoms with Crippen molar-refractivity contribution in [1.29, 1.82) is 0 Å².